The molecule has 1 amide bonds. The van der Waals surface area contributed by atoms with Crippen LogP contribution in [0.1, 0.15) is 12.5 Å². The predicted molar refractivity (Wildman–Crippen MR) is 149 cm³/mol. The van der Waals surface area contributed by atoms with Crippen molar-refractivity contribution in [2.75, 3.05) is 43.1 Å². The molecular formula is C27H30FN7O3S. The number of piperazine rings is 1. The van der Waals surface area contributed by atoms with Gasteiger partial charge >= 0.3 is 0 Å². The lowest BCUT2D eigenvalue weighted by atomic mass is 10.1. The Balaban J connectivity index is 1.44. The van der Waals surface area contributed by atoms with Gasteiger partial charge in [-0.2, -0.15) is 0 Å². The zero-order valence-electron chi connectivity index (χ0n) is 21.9. The first-order valence-corrected chi connectivity index (χ1v) is 14.5. The van der Waals surface area contributed by atoms with Crippen LogP contribution in [0, 0.1) is 12.7 Å². The fraction of sp³-hybridized carbons (Fsp3) is 0.296. The predicted octanol–water partition coefficient (Wildman–Crippen LogP) is 3.45. The molecule has 4 aromatic rings. The Morgan fingerprint density at radius 3 is 2.59 bits per heavy atom. The van der Waals surface area contributed by atoms with Crippen molar-refractivity contribution in [1.82, 2.24) is 25.2 Å². The summed E-state index contributed by atoms with van der Waals surface area (Å²) in [7, 11) is -3.74. The summed E-state index contributed by atoms with van der Waals surface area (Å²) in [6.07, 6.45) is 4.38. The van der Waals surface area contributed by atoms with Gasteiger partial charge < -0.3 is 20.9 Å². The third-order valence-electron chi connectivity index (χ3n) is 6.89. The molecule has 12 heteroatoms. The largest absolute Gasteiger partial charge is 0.359 e. The van der Waals surface area contributed by atoms with Crippen molar-refractivity contribution in [3.05, 3.63) is 60.2 Å². The van der Waals surface area contributed by atoms with Crippen molar-refractivity contribution in [3.8, 4) is 11.3 Å². The number of fused-ring (bicyclic) bond motifs is 1. The quantitative estimate of drug-likeness (QED) is 0.275. The molecule has 1 unspecified atom stereocenters. The molecule has 1 atom stereocenters. The normalized spacial score (nSPS) is 15.3. The maximum atomic E-state index is 14.9. The number of para-hydroxylation sites is 1. The van der Waals surface area contributed by atoms with Gasteiger partial charge in [-0.25, -0.2) is 22.8 Å². The van der Waals surface area contributed by atoms with Crippen LogP contribution in [0.4, 0.5) is 21.7 Å². The van der Waals surface area contributed by atoms with E-state index in [0.717, 1.165) is 54.5 Å². The highest BCUT2D eigenvalue weighted by Crippen LogP contribution is 2.34. The molecule has 1 aliphatic rings. The molecular weight excluding hydrogens is 521 g/mol. The lowest BCUT2D eigenvalue weighted by molar-refractivity contribution is -0.120. The summed E-state index contributed by atoms with van der Waals surface area (Å²) in [4.78, 5) is 26.9. The monoisotopic (exact) mass is 551 g/mol. The van der Waals surface area contributed by atoms with Crippen molar-refractivity contribution in [2.45, 2.75) is 24.8 Å². The molecule has 2 aromatic carbocycles. The van der Waals surface area contributed by atoms with Crippen molar-refractivity contribution in [1.29, 1.82) is 0 Å². The van der Waals surface area contributed by atoms with E-state index in [0.29, 0.717) is 11.4 Å². The van der Waals surface area contributed by atoms with Crippen LogP contribution in [0.2, 0.25) is 0 Å². The average Bonchev–Trinajstić information content (AvgIpc) is 3.35. The number of anilines is 3. The van der Waals surface area contributed by atoms with E-state index in [1.807, 2.05) is 38.2 Å². The molecule has 4 N–H and O–H groups in total. The Hall–Kier alpha value is -3.87. The highest BCUT2D eigenvalue weighted by atomic mass is 32.2. The molecule has 10 nitrogen and oxygen atoms in total. The molecule has 0 aliphatic carbocycles. The van der Waals surface area contributed by atoms with E-state index in [4.69, 9.17) is 0 Å². The number of nitrogens with one attached hydrogen (secondary N) is 4. The first kappa shape index (κ1) is 26.7. The number of halogens is 1. The van der Waals surface area contributed by atoms with Gasteiger partial charge in [-0.15, -0.1) is 0 Å². The summed E-state index contributed by atoms with van der Waals surface area (Å²) in [6.45, 7) is 7.13. The molecule has 3 heterocycles. The zero-order chi connectivity index (χ0) is 27.7. The second kappa shape index (κ2) is 10.7. The first-order chi connectivity index (χ1) is 18.6. The van der Waals surface area contributed by atoms with Crippen molar-refractivity contribution in [3.63, 3.8) is 0 Å². The minimum absolute atomic E-state index is 0.0461. The fourth-order valence-electron chi connectivity index (χ4n) is 4.72. The summed E-state index contributed by atoms with van der Waals surface area (Å²) < 4.78 is 38.7. The summed E-state index contributed by atoms with van der Waals surface area (Å²) in [6, 6.07) is 9.47. The number of benzene rings is 2. The van der Waals surface area contributed by atoms with Gasteiger partial charge in [-0.05, 0) is 37.6 Å². The minimum Gasteiger partial charge on any atom is -0.359 e. The molecule has 39 heavy (non-hydrogen) atoms. The Bertz CT molecular complexity index is 1650. The molecule has 0 spiro atoms. The number of rotatable bonds is 7. The Morgan fingerprint density at radius 1 is 1.13 bits per heavy atom. The molecule has 1 saturated heterocycles. The number of H-pyrrole nitrogens is 1. The Labute approximate surface area is 226 Å². The second-order valence-corrected chi connectivity index (χ2v) is 11.6. The number of amides is 1. The number of hydrogen-bond acceptors (Lipinski definition) is 8. The molecule has 0 radical (unpaired) electrons. The molecule has 0 bridgehead atoms. The zero-order valence-corrected chi connectivity index (χ0v) is 22.7. The number of aryl methyl sites for hydroxylation is 1. The molecule has 2 aromatic heterocycles. The molecule has 1 aliphatic heterocycles. The lowest BCUT2D eigenvalue weighted by Gasteiger charge is -2.31. The summed E-state index contributed by atoms with van der Waals surface area (Å²) in [5, 5.41) is 10.0. The van der Waals surface area contributed by atoms with E-state index < -0.39 is 20.5 Å². The molecule has 204 valence electrons. The van der Waals surface area contributed by atoms with E-state index in [-0.39, 0.29) is 23.6 Å². The number of aromatic nitrogens is 3. The standard InChI is InChI=1S/C27H30FN7O3S/c1-16-14-31-27(33-20-7-5-9-22(23(20)28)39(3,37)38)34-24(16)19-15-30-25-18(19)6-4-8-21(25)32-26(36)17(2)35-12-10-29-11-13-35/h4-9,14-15,17,29-30H,10-13H2,1-3H3,(H,32,36)(H,31,33,34). The Morgan fingerprint density at radius 2 is 1.85 bits per heavy atom. The van der Waals surface area contributed by atoms with E-state index in [1.165, 1.54) is 18.2 Å². The number of carbonyl (C=O) groups excluding carboxylic acids is 1. The van der Waals surface area contributed by atoms with Crippen molar-refractivity contribution >= 4 is 44.0 Å². The highest BCUT2D eigenvalue weighted by Gasteiger charge is 2.24. The minimum atomic E-state index is -3.74. The number of sulfone groups is 1. The summed E-state index contributed by atoms with van der Waals surface area (Å²) >= 11 is 0. The van der Waals surface area contributed by atoms with Gasteiger partial charge in [-0.3, -0.25) is 9.69 Å². The van der Waals surface area contributed by atoms with Crippen LogP contribution in [0.15, 0.2) is 53.7 Å². The molecule has 5 rings (SSSR count). The fourth-order valence-corrected chi connectivity index (χ4v) is 5.48. The summed E-state index contributed by atoms with van der Waals surface area (Å²) in [5.41, 5.74) is 3.55. The number of carbonyl (C=O) groups is 1. The van der Waals surface area contributed by atoms with Gasteiger partial charge in [0.2, 0.25) is 11.9 Å². The van der Waals surface area contributed by atoms with Crippen LogP contribution < -0.4 is 16.0 Å². The van der Waals surface area contributed by atoms with Gasteiger partial charge in [0, 0.05) is 55.8 Å². The first-order valence-electron chi connectivity index (χ1n) is 12.6. The highest BCUT2D eigenvalue weighted by molar-refractivity contribution is 7.90. The van der Waals surface area contributed by atoms with Gasteiger partial charge in [-0.1, -0.05) is 18.2 Å². The van der Waals surface area contributed by atoms with Crippen molar-refractivity contribution < 1.29 is 17.6 Å². The SMILES string of the molecule is Cc1cnc(Nc2cccc(S(C)(=O)=O)c2F)nc1-c1c[nH]c2c(NC(=O)C(C)N3CCNCC3)cccc12. The van der Waals surface area contributed by atoms with E-state index in [2.05, 4.69) is 35.8 Å². The third kappa shape index (κ3) is 5.49. The van der Waals surface area contributed by atoms with Gasteiger partial charge in [0.05, 0.1) is 28.6 Å². The van der Waals surface area contributed by atoms with E-state index >= 15 is 0 Å². The average molecular weight is 552 g/mol. The Kier molecular flexibility index (Phi) is 7.34. The van der Waals surface area contributed by atoms with Crippen LogP contribution in [-0.2, 0) is 14.6 Å². The summed E-state index contributed by atoms with van der Waals surface area (Å²) in [5.74, 6) is -0.861. The van der Waals surface area contributed by atoms with E-state index in [9.17, 15) is 17.6 Å². The molecule has 0 saturated carbocycles. The van der Waals surface area contributed by atoms with Crippen LogP contribution in [0.5, 0.6) is 0 Å². The van der Waals surface area contributed by atoms with Crippen LogP contribution in [0.3, 0.4) is 0 Å². The smallest absolute Gasteiger partial charge is 0.241 e. The second-order valence-electron chi connectivity index (χ2n) is 9.62. The number of aromatic amines is 1. The van der Waals surface area contributed by atoms with Crippen LogP contribution >= 0.6 is 0 Å². The van der Waals surface area contributed by atoms with Gasteiger partial charge in [0.25, 0.3) is 0 Å². The van der Waals surface area contributed by atoms with Gasteiger partial charge in [0.15, 0.2) is 15.7 Å². The third-order valence-corrected chi connectivity index (χ3v) is 8.00. The number of hydrogen-bond donors (Lipinski definition) is 4. The van der Waals surface area contributed by atoms with Crippen molar-refractivity contribution in [2.24, 2.45) is 0 Å². The maximum absolute atomic E-state index is 14.9. The van der Waals surface area contributed by atoms with Crippen LogP contribution in [-0.4, -0.2) is 72.7 Å². The van der Waals surface area contributed by atoms with Crippen LogP contribution in [0.25, 0.3) is 22.2 Å². The molecule has 1 fully saturated rings. The van der Waals surface area contributed by atoms with Gasteiger partial charge in [0.1, 0.15) is 4.90 Å². The number of nitrogens with zero attached hydrogens (tertiary/aromatic N) is 3. The lowest BCUT2D eigenvalue weighted by Crippen LogP contribution is -2.51. The maximum Gasteiger partial charge on any atom is 0.241 e. The topological polar surface area (TPSA) is 132 Å². The van der Waals surface area contributed by atoms with E-state index in [1.54, 1.807) is 6.20 Å².